The molecule has 0 aliphatic heterocycles. The van der Waals surface area contributed by atoms with E-state index in [4.69, 9.17) is 44.8 Å². The van der Waals surface area contributed by atoms with Crippen molar-refractivity contribution in [3.05, 3.63) is 39.0 Å². The van der Waals surface area contributed by atoms with Crippen LogP contribution >= 0.6 is 34.8 Å². The van der Waals surface area contributed by atoms with Crippen molar-refractivity contribution in [2.45, 2.75) is 0 Å². The molecule has 2 nitrogen and oxygen atoms in total. The van der Waals surface area contributed by atoms with Gasteiger partial charge in [0.2, 0.25) is 0 Å². The Morgan fingerprint density at radius 3 is 2.60 bits per heavy atom. The van der Waals surface area contributed by atoms with Crippen LogP contribution in [0, 0.1) is 11.3 Å². The SMILES string of the molecule is CO/C=C(\C#N)c1cc(Cl)cc(Cl)c1Cl. The van der Waals surface area contributed by atoms with Gasteiger partial charge in [0.05, 0.1) is 22.7 Å². The largest absolute Gasteiger partial charge is 0.503 e. The fourth-order valence-corrected chi connectivity index (χ4v) is 1.72. The maximum absolute atomic E-state index is 8.87. The van der Waals surface area contributed by atoms with Gasteiger partial charge in [-0.25, -0.2) is 0 Å². The van der Waals surface area contributed by atoms with Gasteiger partial charge in [0.15, 0.2) is 0 Å². The van der Waals surface area contributed by atoms with E-state index in [1.165, 1.54) is 19.4 Å². The molecule has 1 rings (SSSR count). The van der Waals surface area contributed by atoms with Gasteiger partial charge in [0.25, 0.3) is 0 Å². The van der Waals surface area contributed by atoms with Crippen molar-refractivity contribution in [1.82, 2.24) is 0 Å². The van der Waals surface area contributed by atoms with Crippen molar-refractivity contribution in [3.8, 4) is 6.07 Å². The lowest BCUT2D eigenvalue weighted by molar-refractivity contribution is 0.340. The molecule has 0 amide bonds. The van der Waals surface area contributed by atoms with Crippen LogP contribution in [0.2, 0.25) is 15.1 Å². The van der Waals surface area contributed by atoms with Crippen LogP contribution in [-0.2, 0) is 4.74 Å². The van der Waals surface area contributed by atoms with Gasteiger partial charge >= 0.3 is 0 Å². The molecule has 0 N–H and O–H groups in total. The molecule has 0 saturated carbocycles. The summed E-state index contributed by atoms with van der Waals surface area (Å²) < 4.78 is 4.75. The first-order valence-corrected chi connectivity index (χ1v) is 5.01. The van der Waals surface area contributed by atoms with Crippen molar-refractivity contribution in [2.24, 2.45) is 0 Å². The van der Waals surface area contributed by atoms with E-state index in [1.807, 2.05) is 6.07 Å². The van der Waals surface area contributed by atoms with Crippen LogP contribution in [0.5, 0.6) is 0 Å². The Kier molecular flexibility index (Phi) is 4.28. The number of hydrogen-bond donors (Lipinski definition) is 0. The minimum absolute atomic E-state index is 0.270. The minimum Gasteiger partial charge on any atom is -0.503 e. The van der Waals surface area contributed by atoms with Crippen molar-refractivity contribution in [2.75, 3.05) is 7.11 Å². The number of nitriles is 1. The Hall–Kier alpha value is -0.880. The average Bonchev–Trinajstić information content (AvgIpc) is 2.20. The van der Waals surface area contributed by atoms with Crippen LogP contribution in [0.4, 0.5) is 0 Å². The second-order valence-electron chi connectivity index (χ2n) is 2.63. The third-order valence-corrected chi connectivity index (χ3v) is 2.66. The summed E-state index contributed by atoms with van der Waals surface area (Å²) in [5.41, 5.74) is 0.727. The highest BCUT2D eigenvalue weighted by Crippen LogP contribution is 2.33. The second kappa shape index (κ2) is 5.27. The van der Waals surface area contributed by atoms with Crippen molar-refractivity contribution >= 4 is 40.4 Å². The smallest absolute Gasteiger partial charge is 0.103 e. The highest BCUT2D eigenvalue weighted by molar-refractivity contribution is 6.44. The van der Waals surface area contributed by atoms with Gasteiger partial charge < -0.3 is 4.74 Å². The number of benzene rings is 1. The standard InChI is InChI=1S/C10H6Cl3NO/c1-15-5-6(4-14)8-2-7(11)3-9(12)10(8)13/h2-3,5H,1H3/b6-5+. The zero-order valence-corrected chi connectivity index (χ0v) is 9.99. The lowest BCUT2D eigenvalue weighted by Gasteiger charge is -2.05. The molecule has 0 heterocycles. The lowest BCUT2D eigenvalue weighted by atomic mass is 10.1. The maximum atomic E-state index is 8.87. The highest BCUT2D eigenvalue weighted by Gasteiger charge is 2.11. The van der Waals surface area contributed by atoms with E-state index in [2.05, 4.69) is 0 Å². The van der Waals surface area contributed by atoms with Gasteiger partial charge in [-0.05, 0) is 12.1 Å². The fourth-order valence-electron chi connectivity index (χ4n) is 1.02. The van der Waals surface area contributed by atoms with Crippen molar-refractivity contribution in [1.29, 1.82) is 5.26 Å². The molecule has 0 radical (unpaired) electrons. The summed E-state index contributed by atoms with van der Waals surface area (Å²) in [5.74, 6) is 0. The lowest BCUT2D eigenvalue weighted by Crippen LogP contribution is -1.86. The first-order valence-electron chi connectivity index (χ1n) is 3.88. The summed E-state index contributed by atoms with van der Waals surface area (Å²) in [7, 11) is 1.44. The Labute approximate surface area is 103 Å². The number of halogens is 3. The normalized spacial score (nSPS) is 11.0. The molecule has 0 aromatic heterocycles. The van der Waals surface area contributed by atoms with Crippen LogP contribution in [0.15, 0.2) is 18.4 Å². The Morgan fingerprint density at radius 2 is 2.07 bits per heavy atom. The first-order chi connectivity index (χ1) is 7.10. The van der Waals surface area contributed by atoms with E-state index >= 15 is 0 Å². The predicted octanol–water partition coefficient (Wildman–Crippen LogP) is 4.16. The molecule has 5 heteroatoms. The van der Waals surface area contributed by atoms with E-state index in [-0.39, 0.29) is 10.6 Å². The van der Waals surface area contributed by atoms with Gasteiger partial charge in [-0.3, -0.25) is 0 Å². The number of rotatable bonds is 2. The van der Waals surface area contributed by atoms with Gasteiger partial charge in [-0.15, -0.1) is 0 Å². The Bertz CT molecular complexity index is 449. The van der Waals surface area contributed by atoms with E-state index < -0.39 is 0 Å². The zero-order chi connectivity index (χ0) is 11.4. The monoisotopic (exact) mass is 261 g/mol. The van der Waals surface area contributed by atoms with Gasteiger partial charge in [-0.1, -0.05) is 34.8 Å². The molecule has 0 aliphatic carbocycles. The molecule has 0 unspecified atom stereocenters. The number of hydrogen-bond acceptors (Lipinski definition) is 2. The molecule has 0 fully saturated rings. The molecule has 1 aromatic rings. The van der Waals surface area contributed by atoms with Gasteiger partial charge in [0, 0.05) is 10.6 Å². The van der Waals surface area contributed by atoms with Crippen LogP contribution in [-0.4, -0.2) is 7.11 Å². The molecular formula is C10H6Cl3NO. The van der Waals surface area contributed by atoms with Crippen molar-refractivity contribution < 1.29 is 4.74 Å². The van der Waals surface area contributed by atoms with Gasteiger partial charge in [0.1, 0.15) is 12.3 Å². The Balaban J connectivity index is 3.37. The van der Waals surface area contributed by atoms with Gasteiger partial charge in [-0.2, -0.15) is 5.26 Å². The first kappa shape index (κ1) is 12.2. The summed E-state index contributed by atoms with van der Waals surface area (Å²) in [4.78, 5) is 0. The van der Waals surface area contributed by atoms with Crippen LogP contribution in [0.3, 0.4) is 0 Å². The van der Waals surface area contributed by atoms with E-state index in [9.17, 15) is 0 Å². The number of nitrogens with zero attached hydrogens (tertiary/aromatic N) is 1. The minimum atomic E-state index is 0.270. The third-order valence-electron chi connectivity index (χ3n) is 1.64. The maximum Gasteiger partial charge on any atom is 0.103 e. The summed E-state index contributed by atoms with van der Waals surface area (Å²) in [6.07, 6.45) is 1.29. The van der Waals surface area contributed by atoms with Crippen molar-refractivity contribution in [3.63, 3.8) is 0 Å². The Morgan fingerprint density at radius 1 is 1.40 bits per heavy atom. The molecular weight excluding hydrogens is 256 g/mol. The van der Waals surface area contributed by atoms with E-state index in [0.29, 0.717) is 15.6 Å². The molecule has 15 heavy (non-hydrogen) atoms. The molecule has 0 saturated heterocycles. The topological polar surface area (TPSA) is 33.0 Å². The predicted molar refractivity (Wildman–Crippen MR) is 62.1 cm³/mol. The van der Waals surface area contributed by atoms with E-state index in [0.717, 1.165) is 0 Å². The average molecular weight is 263 g/mol. The van der Waals surface area contributed by atoms with Crippen LogP contribution < -0.4 is 0 Å². The summed E-state index contributed by atoms with van der Waals surface area (Å²) >= 11 is 17.6. The second-order valence-corrected chi connectivity index (χ2v) is 3.85. The van der Waals surface area contributed by atoms with Crippen LogP contribution in [0.1, 0.15) is 5.56 Å². The molecule has 1 aromatic carbocycles. The quantitative estimate of drug-likeness (QED) is 0.455. The molecule has 0 aliphatic rings. The van der Waals surface area contributed by atoms with E-state index in [1.54, 1.807) is 6.07 Å². The fraction of sp³-hybridized carbons (Fsp3) is 0.100. The highest BCUT2D eigenvalue weighted by atomic mass is 35.5. The number of allylic oxidation sites excluding steroid dienone is 1. The zero-order valence-electron chi connectivity index (χ0n) is 7.72. The molecule has 0 bridgehead atoms. The number of ether oxygens (including phenoxy) is 1. The molecule has 78 valence electrons. The number of methoxy groups -OCH3 is 1. The summed E-state index contributed by atoms with van der Waals surface area (Å²) in [6.45, 7) is 0. The molecule has 0 spiro atoms. The summed E-state index contributed by atoms with van der Waals surface area (Å²) in [6, 6.07) is 5.02. The summed E-state index contributed by atoms with van der Waals surface area (Å²) in [5, 5.41) is 9.87. The van der Waals surface area contributed by atoms with Crippen LogP contribution in [0.25, 0.3) is 5.57 Å². The molecule has 0 atom stereocenters. The third kappa shape index (κ3) is 2.79.